The third kappa shape index (κ3) is 6.36. The highest BCUT2D eigenvalue weighted by Gasteiger charge is 2.25. The molecule has 1 amide bonds. The van der Waals surface area contributed by atoms with Crippen LogP contribution in [0, 0.1) is 0 Å². The second-order valence-electron chi connectivity index (χ2n) is 7.18. The zero-order valence-corrected chi connectivity index (χ0v) is 20.3. The zero-order valence-electron chi connectivity index (χ0n) is 18.7. The number of hydrogen-bond donors (Lipinski definition) is 1. The standard InChI is InChI=1S/C21H28N2O7S2/c1-6-18(15-7-10-17(11-8-15)31(4,25)26)22-21(24)14-23(32(5,27)28)19-12-9-16(29-2)13-20(19)30-3/h7-13,18H,6,14H2,1-5H3,(H,22,24). The van der Waals surface area contributed by atoms with E-state index in [2.05, 4.69) is 5.32 Å². The minimum Gasteiger partial charge on any atom is -0.497 e. The van der Waals surface area contributed by atoms with Gasteiger partial charge < -0.3 is 14.8 Å². The van der Waals surface area contributed by atoms with E-state index >= 15 is 0 Å². The van der Waals surface area contributed by atoms with Gasteiger partial charge in [0.15, 0.2) is 9.84 Å². The summed E-state index contributed by atoms with van der Waals surface area (Å²) in [6.45, 7) is 1.40. The molecule has 0 aliphatic carbocycles. The third-order valence-electron chi connectivity index (χ3n) is 4.80. The van der Waals surface area contributed by atoms with Crippen molar-refractivity contribution in [1.82, 2.24) is 5.32 Å². The first kappa shape index (κ1) is 25.5. The van der Waals surface area contributed by atoms with Crippen molar-refractivity contribution in [3.63, 3.8) is 0 Å². The Morgan fingerprint density at radius 1 is 1.00 bits per heavy atom. The molecule has 0 spiro atoms. The molecule has 2 aromatic rings. The molecule has 1 atom stereocenters. The average Bonchev–Trinajstić information content (AvgIpc) is 2.74. The van der Waals surface area contributed by atoms with E-state index in [1.165, 1.54) is 38.5 Å². The van der Waals surface area contributed by atoms with Gasteiger partial charge in [-0.15, -0.1) is 0 Å². The Morgan fingerprint density at radius 2 is 1.62 bits per heavy atom. The molecule has 176 valence electrons. The molecule has 2 aromatic carbocycles. The number of nitrogens with one attached hydrogen (secondary N) is 1. The lowest BCUT2D eigenvalue weighted by Gasteiger charge is -2.25. The number of nitrogens with zero attached hydrogens (tertiary/aromatic N) is 1. The first-order chi connectivity index (χ1) is 14.9. The second-order valence-corrected chi connectivity index (χ2v) is 11.1. The molecule has 0 aromatic heterocycles. The predicted octanol–water partition coefficient (Wildman–Crippen LogP) is 2.14. The highest BCUT2D eigenvalue weighted by Crippen LogP contribution is 2.33. The van der Waals surface area contributed by atoms with E-state index in [0.717, 1.165) is 16.8 Å². The number of rotatable bonds is 10. The van der Waals surface area contributed by atoms with Crippen LogP contribution < -0.4 is 19.1 Å². The van der Waals surface area contributed by atoms with Crippen LogP contribution in [0.3, 0.4) is 0 Å². The molecule has 0 radical (unpaired) electrons. The summed E-state index contributed by atoms with van der Waals surface area (Å²) >= 11 is 0. The van der Waals surface area contributed by atoms with Gasteiger partial charge in [-0.1, -0.05) is 19.1 Å². The van der Waals surface area contributed by atoms with Crippen LogP contribution in [0.15, 0.2) is 47.4 Å². The van der Waals surface area contributed by atoms with Crippen LogP contribution in [0.2, 0.25) is 0 Å². The summed E-state index contributed by atoms with van der Waals surface area (Å²) in [6, 6.07) is 10.4. The van der Waals surface area contributed by atoms with Crippen LogP contribution in [-0.4, -0.2) is 56.0 Å². The van der Waals surface area contributed by atoms with Crippen LogP contribution in [0.4, 0.5) is 5.69 Å². The van der Waals surface area contributed by atoms with Crippen LogP contribution in [0.1, 0.15) is 24.9 Å². The van der Waals surface area contributed by atoms with Crippen molar-refractivity contribution in [2.45, 2.75) is 24.3 Å². The van der Waals surface area contributed by atoms with Gasteiger partial charge in [-0.2, -0.15) is 0 Å². The van der Waals surface area contributed by atoms with E-state index in [-0.39, 0.29) is 16.3 Å². The fraction of sp³-hybridized carbons (Fsp3) is 0.381. The highest BCUT2D eigenvalue weighted by molar-refractivity contribution is 7.92. The third-order valence-corrected chi connectivity index (χ3v) is 7.05. The molecule has 2 rings (SSSR count). The van der Waals surface area contributed by atoms with Crippen molar-refractivity contribution < 1.29 is 31.1 Å². The molecule has 0 saturated heterocycles. The van der Waals surface area contributed by atoms with Crippen molar-refractivity contribution in [3.8, 4) is 11.5 Å². The van der Waals surface area contributed by atoms with Crippen LogP contribution in [0.5, 0.6) is 11.5 Å². The van der Waals surface area contributed by atoms with Crippen LogP contribution in [0.25, 0.3) is 0 Å². The normalized spacial score (nSPS) is 12.7. The number of hydrogen-bond acceptors (Lipinski definition) is 7. The van der Waals surface area contributed by atoms with Gasteiger partial charge in [0.1, 0.15) is 18.0 Å². The summed E-state index contributed by atoms with van der Waals surface area (Å²) in [6.07, 6.45) is 2.65. The molecule has 0 heterocycles. The lowest BCUT2D eigenvalue weighted by Crippen LogP contribution is -2.41. The summed E-state index contributed by atoms with van der Waals surface area (Å²) in [4.78, 5) is 13.0. The molecule has 0 fully saturated rings. The van der Waals surface area contributed by atoms with Gasteiger partial charge in [0.25, 0.3) is 0 Å². The van der Waals surface area contributed by atoms with Crippen molar-refractivity contribution in [3.05, 3.63) is 48.0 Å². The molecule has 0 aliphatic heterocycles. The topological polar surface area (TPSA) is 119 Å². The summed E-state index contributed by atoms with van der Waals surface area (Å²) in [5.41, 5.74) is 0.915. The van der Waals surface area contributed by atoms with Gasteiger partial charge in [0, 0.05) is 12.3 Å². The Labute approximate surface area is 189 Å². The van der Waals surface area contributed by atoms with Crippen LogP contribution in [-0.2, 0) is 24.7 Å². The zero-order chi connectivity index (χ0) is 24.1. The van der Waals surface area contributed by atoms with Gasteiger partial charge in [0.05, 0.1) is 37.1 Å². The molecular formula is C21H28N2O7S2. The fourth-order valence-corrected chi connectivity index (χ4v) is 4.60. The molecule has 1 N–H and O–H groups in total. The lowest BCUT2D eigenvalue weighted by atomic mass is 10.0. The van der Waals surface area contributed by atoms with Crippen molar-refractivity contribution in [2.75, 3.05) is 37.6 Å². The number of amides is 1. The van der Waals surface area contributed by atoms with E-state index in [9.17, 15) is 21.6 Å². The predicted molar refractivity (Wildman–Crippen MR) is 122 cm³/mol. The largest absolute Gasteiger partial charge is 0.497 e. The van der Waals surface area contributed by atoms with Crippen molar-refractivity contribution in [1.29, 1.82) is 0 Å². The summed E-state index contributed by atoms with van der Waals surface area (Å²) in [5, 5.41) is 2.81. The van der Waals surface area contributed by atoms with Gasteiger partial charge in [-0.05, 0) is 36.2 Å². The van der Waals surface area contributed by atoms with Crippen LogP contribution >= 0.6 is 0 Å². The Morgan fingerprint density at radius 3 is 2.09 bits per heavy atom. The Kier molecular flexibility index (Phi) is 8.13. The van der Waals surface area contributed by atoms with Gasteiger partial charge in [0.2, 0.25) is 15.9 Å². The number of methoxy groups -OCH3 is 2. The Bertz CT molecular complexity index is 1160. The highest BCUT2D eigenvalue weighted by atomic mass is 32.2. The van der Waals surface area contributed by atoms with Crippen molar-refractivity contribution in [2.24, 2.45) is 0 Å². The minimum absolute atomic E-state index is 0.178. The molecule has 9 nitrogen and oxygen atoms in total. The lowest BCUT2D eigenvalue weighted by molar-refractivity contribution is -0.120. The molecule has 0 aliphatic rings. The summed E-state index contributed by atoms with van der Waals surface area (Å²) < 4.78 is 59.6. The maximum Gasteiger partial charge on any atom is 0.241 e. The maximum absolute atomic E-state index is 12.8. The Balaban J connectivity index is 2.27. The Hall–Kier alpha value is -2.79. The first-order valence-electron chi connectivity index (χ1n) is 9.69. The number of carbonyl (C=O) groups excluding carboxylic acids is 1. The van der Waals surface area contributed by atoms with E-state index in [1.807, 2.05) is 6.92 Å². The molecule has 0 saturated carbocycles. The fourth-order valence-electron chi connectivity index (χ4n) is 3.11. The number of ether oxygens (including phenoxy) is 2. The monoisotopic (exact) mass is 484 g/mol. The quantitative estimate of drug-likeness (QED) is 0.549. The van der Waals surface area contributed by atoms with E-state index in [0.29, 0.717) is 17.7 Å². The minimum atomic E-state index is -3.81. The number of sulfone groups is 1. The molecule has 32 heavy (non-hydrogen) atoms. The van der Waals surface area contributed by atoms with Gasteiger partial charge in [-0.3, -0.25) is 9.10 Å². The van der Waals surface area contributed by atoms with E-state index < -0.39 is 38.4 Å². The number of anilines is 1. The maximum atomic E-state index is 12.8. The first-order valence-corrected chi connectivity index (χ1v) is 13.4. The molecule has 11 heteroatoms. The van der Waals surface area contributed by atoms with Crippen molar-refractivity contribution >= 4 is 31.5 Å². The SMILES string of the molecule is CCC(NC(=O)CN(c1ccc(OC)cc1OC)S(C)(=O)=O)c1ccc(S(C)(=O)=O)cc1. The van der Waals surface area contributed by atoms with Gasteiger partial charge in [-0.25, -0.2) is 16.8 Å². The molecular weight excluding hydrogens is 456 g/mol. The summed E-state index contributed by atoms with van der Waals surface area (Å²) in [7, 11) is -4.27. The smallest absolute Gasteiger partial charge is 0.241 e. The van der Waals surface area contributed by atoms with Gasteiger partial charge >= 0.3 is 0 Å². The van der Waals surface area contributed by atoms with E-state index in [1.54, 1.807) is 18.2 Å². The molecule has 0 bridgehead atoms. The van der Waals surface area contributed by atoms with E-state index in [4.69, 9.17) is 9.47 Å². The summed E-state index contributed by atoms with van der Waals surface area (Å²) in [5.74, 6) is 0.199. The number of benzene rings is 2. The average molecular weight is 485 g/mol. The number of carbonyl (C=O) groups is 1. The second kappa shape index (κ2) is 10.2. The molecule has 1 unspecified atom stereocenters. The number of sulfonamides is 1.